The molecule has 1 saturated heterocycles. The third kappa shape index (κ3) is 5.44. The summed E-state index contributed by atoms with van der Waals surface area (Å²) in [4.78, 5) is 63.6. The monoisotopic (exact) mass is 665 g/mol. The van der Waals surface area contributed by atoms with Crippen LogP contribution in [0.2, 0.25) is 0 Å². The van der Waals surface area contributed by atoms with Gasteiger partial charge in [0.1, 0.15) is 5.76 Å². The molecular weight excluding hydrogens is 630 g/mol. The molecule has 2 aliphatic carbocycles. The smallest absolute Gasteiger partial charge is 0.353 e. The molecule has 2 aromatic rings. The first kappa shape index (κ1) is 33.0. The van der Waals surface area contributed by atoms with Gasteiger partial charge in [0.15, 0.2) is 17.6 Å². The summed E-state index contributed by atoms with van der Waals surface area (Å²) in [5, 5.41) is 30.6. The first-order valence-corrected chi connectivity index (χ1v) is 15.5. The third-order valence-corrected chi connectivity index (χ3v) is 9.78. The minimum absolute atomic E-state index is 0.147. The van der Waals surface area contributed by atoms with Gasteiger partial charge in [0.05, 0.1) is 37.4 Å². The topological polar surface area (TPSA) is 195 Å². The van der Waals surface area contributed by atoms with Crippen molar-refractivity contribution in [1.82, 2.24) is 4.90 Å². The normalized spacial score (nSPS) is 26.1. The average molecular weight is 666 g/mol. The van der Waals surface area contributed by atoms with Gasteiger partial charge in [-0.25, -0.2) is 9.59 Å². The summed E-state index contributed by atoms with van der Waals surface area (Å²) in [7, 11) is 3.52. The van der Waals surface area contributed by atoms with Crippen LogP contribution in [0.1, 0.15) is 54.9 Å². The zero-order valence-corrected chi connectivity index (χ0v) is 26.2. The highest BCUT2D eigenvalue weighted by Crippen LogP contribution is 2.65. The zero-order chi connectivity index (χ0) is 34.4. The van der Waals surface area contributed by atoms with Gasteiger partial charge in [0, 0.05) is 23.6 Å². The van der Waals surface area contributed by atoms with Crippen LogP contribution in [-0.2, 0) is 50.0 Å². The molecule has 1 fully saturated rings. The SMILES string of the molecule is COc1ccc2c3c1O[C@H]1C(OC(=O)CCC(=O)O[C@H](C(=O)O[C@H](CC(=O)O)C(=O)O)c4ccccc4)=CC[C@@]4(O)[C@@H](C2)N(C)CC[C@]314. The summed E-state index contributed by atoms with van der Waals surface area (Å²) in [6.07, 6.45) is -3.47. The van der Waals surface area contributed by atoms with Crippen LogP contribution < -0.4 is 9.47 Å². The Morgan fingerprint density at radius 1 is 1.02 bits per heavy atom. The molecule has 6 rings (SSSR count). The summed E-state index contributed by atoms with van der Waals surface area (Å²) >= 11 is 0. The second-order valence-electron chi connectivity index (χ2n) is 12.4. The lowest BCUT2D eigenvalue weighted by Crippen LogP contribution is -2.74. The number of aliphatic hydroxyl groups is 1. The van der Waals surface area contributed by atoms with Crippen molar-refractivity contribution in [2.45, 2.75) is 73.9 Å². The Hall–Kier alpha value is -4.95. The molecule has 2 heterocycles. The Labute approximate surface area is 274 Å². The summed E-state index contributed by atoms with van der Waals surface area (Å²) in [6.45, 7) is 0.685. The van der Waals surface area contributed by atoms with Crippen molar-refractivity contribution in [2.75, 3.05) is 20.7 Å². The molecule has 6 atom stereocenters. The highest BCUT2D eigenvalue weighted by atomic mass is 16.6. The van der Waals surface area contributed by atoms with E-state index in [1.807, 2.05) is 19.2 Å². The number of benzene rings is 2. The van der Waals surface area contributed by atoms with Gasteiger partial charge in [0.25, 0.3) is 0 Å². The van der Waals surface area contributed by atoms with E-state index in [1.165, 1.54) is 19.2 Å². The van der Waals surface area contributed by atoms with E-state index in [2.05, 4.69) is 4.90 Å². The van der Waals surface area contributed by atoms with E-state index >= 15 is 0 Å². The van der Waals surface area contributed by atoms with Crippen LogP contribution in [-0.4, -0.2) is 94.6 Å². The van der Waals surface area contributed by atoms with Crippen molar-refractivity contribution in [1.29, 1.82) is 0 Å². The maximum atomic E-state index is 13.1. The highest BCUT2D eigenvalue weighted by molar-refractivity contribution is 5.86. The van der Waals surface area contributed by atoms with Crippen LogP contribution in [0.3, 0.4) is 0 Å². The number of piperidine rings is 1. The third-order valence-electron chi connectivity index (χ3n) is 9.78. The molecule has 0 saturated carbocycles. The minimum atomic E-state index is -2.01. The Kier molecular flexibility index (Phi) is 8.64. The second-order valence-corrected chi connectivity index (χ2v) is 12.4. The molecule has 2 aliphatic heterocycles. The molecule has 254 valence electrons. The van der Waals surface area contributed by atoms with Gasteiger partial charge in [0.2, 0.25) is 12.2 Å². The van der Waals surface area contributed by atoms with Gasteiger partial charge in [-0.3, -0.25) is 14.4 Å². The summed E-state index contributed by atoms with van der Waals surface area (Å²) in [6, 6.07) is 11.2. The first-order valence-electron chi connectivity index (χ1n) is 15.5. The van der Waals surface area contributed by atoms with Gasteiger partial charge in [-0.15, -0.1) is 0 Å². The number of hydrogen-bond acceptors (Lipinski definition) is 12. The van der Waals surface area contributed by atoms with Crippen molar-refractivity contribution < 1.29 is 63.0 Å². The molecule has 0 amide bonds. The lowest BCUT2D eigenvalue weighted by atomic mass is 9.50. The molecule has 14 heteroatoms. The first-order chi connectivity index (χ1) is 22.9. The molecule has 3 N–H and O–H groups in total. The van der Waals surface area contributed by atoms with Crippen LogP contribution in [0.4, 0.5) is 0 Å². The Morgan fingerprint density at radius 2 is 1.75 bits per heavy atom. The molecule has 4 aliphatic rings. The molecule has 2 aromatic carbocycles. The number of methoxy groups -OCH3 is 1. The number of carboxylic acids is 2. The lowest BCUT2D eigenvalue weighted by molar-refractivity contribution is -0.179. The quantitative estimate of drug-likeness (QED) is 0.220. The van der Waals surface area contributed by atoms with Gasteiger partial charge in [-0.1, -0.05) is 36.4 Å². The predicted molar refractivity (Wildman–Crippen MR) is 162 cm³/mol. The average Bonchev–Trinajstić information content (AvgIpc) is 3.41. The van der Waals surface area contributed by atoms with E-state index in [-0.39, 0.29) is 23.8 Å². The molecule has 0 aromatic heterocycles. The van der Waals surface area contributed by atoms with Gasteiger partial charge in [-0.2, -0.15) is 0 Å². The number of likely N-dealkylation sites (N-methyl/N-ethyl adjacent to an activating group) is 1. The number of nitrogens with zero attached hydrogens (tertiary/aromatic N) is 1. The van der Waals surface area contributed by atoms with Gasteiger partial charge >= 0.3 is 29.8 Å². The molecule has 0 radical (unpaired) electrons. The largest absolute Gasteiger partial charge is 0.493 e. The number of aliphatic carboxylic acids is 2. The summed E-state index contributed by atoms with van der Waals surface area (Å²) < 4.78 is 28.1. The number of likely N-dealkylation sites (tertiary alicyclic amines) is 1. The molecule has 48 heavy (non-hydrogen) atoms. The number of esters is 3. The number of carbonyl (C=O) groups excluding carboxylic acids is 3. The molecule has 1 spiro atoms. The second kappa shape index (κ2) is 12.6. The Balaban J connectivity index is 1.16. The van der Waals surface area contributed by atoms with Crippen LogP contribution in [0.15, 0.2) is 54.3 Å². The molecule has 2 bridgehead atoms. The zero-order valence-electron chi connectivity index (χ0n) is 26.2. The summed E-state index contributed by atoms with van der Waals surface area (Å²) in [5.74, 6) is -5.01. The molecule has 0 unspecified atom stereocenters. The number of carboxylic acid groups (broad SMARTS) is 2. The van der Waals surface area contributed by atoms with Crippen LogP contribution in [0.25, 0.3) is 0 Å². The van der Waals surface area contributed by atoms with Crippen LogP contribution >= 0.6 is 0 Å². The minimum Gasteiger partial charge on any atom is -0.493 e. The van der Waals surface area contributed by atoms with E-state index in [0.29, 0.717) is 30.9 Å². The Bertz CT molecular complexity index is 1690. The van der Waals surface area contributed by atoms with Crippen molar-refractivity contribution in [3.05, 3.63) is 71.0 Å². The van der Waals surface area contributed by atoms with E-state index in [1.54, 1.807) is 24.3 Å². The summed E-state index contributed by atoms with van der Waals surface area (Å²) in [5.41, 5.74) is -0.0260. The maximum absolute atomic E-state index is 13.1. The fourth-order valence-electron chi connectivity index (χ4n) is 7.58. The highest BCUT2D eigenvalue weighted by Gasteiger charge is 2.72. The Morgan fingerprint density at radius 3 is 2.44 bits per heavy atom. The fourth-order valence-corrected chi connectivity index (χ4v) is 7.58. The van der Waals surface area contributed by atoms with Crippen molar-refractivity contribution in [3.63, 3.8) is 0 Å². The number of carbonyl (C=O) groups is 5. The van der Waals surface area contributed by atoms with Gasteiger partial charge < -0.3 is 43.9 Å². The number of rotatable bonds is 12. The maximum Gasteiger partial charge on any atom is 0.353 e. The molecule has 14 nitrogen and oxygen atoms in total. The van der Waals surface area contributed by atoms with Gasteiger partial charge in [-0.05, 0) is 44.1 Å². The van der Waals surface area contributed by atoms with Crippen LogP contribution in [0.5, 0.6) is 11.5 Å². The van der Waals surface area contributed by atoms with Crippen molar-refractivity contribution in [2.24, 2.45) is 0 Å². The molecular formula is C34H35NO13. The van der Waals surface area contributed by atoms with E-state index in [0.717, 1.165) is 11.1 Å². The number of hydrogen-bond donors (Lipinski definition) is 3. The lowest BCUT2D eigenvalue weighted by Gasteiger charge is -2.61. The number of ether oxygens (including phenoxy) is 5. The standard InChI is InChI=1S/C34H35NO13/c1-35-15-14-33-27-19-8-9-20(44-2)29(27)48-30(33)21(12-13-34(33,43)23(35)16-19)45-25(38)10-11-26(39)47-28(18-6-4-3-5-7-18)32(42)46-22(31(40)41)17-24(36)37/h3-9,12,22-23,28,30,43H,10-11,13-17H2,1-2H3,(H,36,37)(H,40,41)/t22-,23-,28+,30+,33+,34-/m1/s1. The van der Waals surface area contributed by atoms with Crippen LogP contribution in [0, 0.1) is 0 Å². The van der Waals surface area contributed by atoms with Crippen molar-refractivity contribution in [3.8, 4) is 11.5 Å². The van der Waals surface area contributed by atoms with E-state index in [9.17, 15) is 34.2 Å². The fraction of sp³-hybridized carbons (Fsp3) is 0.441. The predicted octanol–water partition coefficient (Wildman–Crippen LogP) is 2.05. The van der Waals surface area contributed by atoms with E-state index in [4.69, 9.17) is 28.8 Å². The van der Waals surface area contributed by atoms with Crippen molar-refractivity contribution >= 4 is 29.8 Å². The van der Waals surface area contributed by atoms with E-state index < -0.39 is 78.4 Å².